The maximum atomic E-state index is 5.47. The van der Waals surface area contributed by atoms with E-state index in [4.69, 9.17) is 37.9 Å². The molecule has 0 heterocycles. The Morgan fingerprint density at radius 1 is 0.367 bits per heavy atom. The van der Waals surface area contributed by atoms with Crippen LogP contribution in [-0.4, -0.2) is 105 Å². The molecule has 0 radical (unpaired) electrons. The van der Waals surface area contributed by atoms with E-state index in [9.17, 15) is 0 Å². The van der Waals surface area contributed by atoms with Crippen LogP contribution in [0.4, 0.5) is 0 Å². The number of rotatable bonds is 25. The van der Waals surface area contributed by atoms with Gasteiger partial charge in [0.2, 0.25) is 0 Å². The minimum atomic E-state index is 0.244. The van der Waals surface area contributed by atoms with E-state index in [0.717, 1.165) is 13.0 Å². The summed E-state index contributed by atoms with van der Waals surface area (Å²) in [6, 6.07) is 0. The van der Waals surface area contributed by atoms with Gasteiger partial charge in [-0.05, 0) is 26.2 Å². The van der Waals surface area contributed by atoms with Crippen molar-refractivity contribution < 1.29 is 37.9 Å². The SMILES string of the molecule is CC(C)CCOCCOCCOCCOCCOCCOCCOCCOC(C)C. The van der Waals surface area contributed by atoms with E-state index in [0.29, 0.717) is 98.4 Å². The zero-order valence-electron chi connectivity index (χ0n) is 19.7. The molecule has 0 N–H and O–H groups in total. The van der Waals surface area contributed by atoms with Crippen LogP contribution in [0.1, 0.15) is 34.1 Å². The van der Waals surface area contributed by atoms with Crippen LogP contribution in [0.15, 0.2) is 0 Å². The zero-order valence-corrected chi connectivity index (χ0v) is 19.7. The fourth-order valence-electron chi connectivity index (χ4n) is 2.08. The van der Waals surface area contributed by atoms with Crippen molar-refractivity contribution in [2.45, 2.75) is 40.2 Å². The molecule has 0 aliphatic heterocycles. The van der Waals surface area contributed by atoms with Crippen LogP contribution in [-0.2, 0) is 37.9 Å². The van der Waals surface area contributed by atoms with Crippen molar-refractivity contribution in [3.8, 4) is 0 Å². The molecule has 0 aromatic carbocycles. The van der Waals surface area contributed by atoms with Gasteiger partial charge in [0.15, 0.2) is 0 Å². The van der Waals surface area contributed by atoms with Crippen molar-refractivity contribution in [3.05, 3.63) is 0 Å². The van der Waals surface area contributed by atoms with Gasteiger partial charge in [-0.3, -0.25) is 0 Å². The van der Waals surface area contributed by atoms with E-state index in [-0.39, 0.29) is 6.10 Å². The van der Waals surface area contributed by atoms with Crippen molar-refractivity contribution in [1.29, 1.82) is 0 Å². The summed E-state index contributed by atoms with van der Waals surface area (Å²) in [4.78, 5) is 0. The highest BCUT2D eigenvalue weighted by molar-refractivity contribution is 4.43. The van der Waals surface area contributed by atoms with Crippen LogP contribution < -0.4 is 0 Å². The summed E-state index contributed by atoms with van der Waals surface area (Å²) >= 11 is 0. The molecule has 8 nitrogen and oxygen atoms in total. The van der Waals surface area contributed by atoms with Crippen molar-refractivity contribution in [1.82, 2.24) is 0 Å². The maximum absolute atomic E-state index is 5.47. The quantitative estimate of drug-likeness (QED) is 0.201. The molecule has 8 heteroatoms. The van der Waals surface area contributed by atoms with Gasteiger partial charge in [0.1, 0.15) is 0 Å². The highest BCUT2D eigenvalue weighted by atomic mass is 16.6. The van der Waals surface area contributed by atoms with Crippen LogP contribution in [0.2, 0.25) is 0 Å². The monoisotopic (exact) mass is 438 g/mol. The molecule has 0 aliphatic carbocycles. The molecular formula is C22H46O8. The molecule has 0 rings (SSSR count). The van der Waals surface area contributed by atoms with Gasteiger partial charge in [0.05, 0.1) is 98.6 Å². The minimum absolute atomic E-state index is 0.244. The summed E-state index contributed by atoms with van der Waals surface area (Å²) in [6.07, 6.45) is 1.33. The Morgan fingerprint density at radius 2 is 0.633 bits per heavy atom. The van der Waals surface area contributed by atoms with Gasteiger partial charge in [-0.25, -0.2) is 0 Å². The van der Waals surface area contributed by atoms with Gasteiger partial charge in [0.25, 0.3) is 0 Å². The fraction of sp³-hybridized carbons (Fsp3) is 1.00. The molecule has 0 atom stereocenters. The van der Waals surface area contributed by atoms with Gasteiger partial charge >= 0.3 is 0 Å². The molecule has 0 aromatic heterocycles. The van der Waals surface area contributed by atoms with Gasteiger partial charge in [-0.1, -0.05) is 13.8 Å². The summed E-state index contributed by atoms with van der Waals surface area (Å²) < 4.78 is 43.4. The highest BCUT2D eigenvalue weighted by Gasteiger charge is 1.96. The third-order valence-corrected chi connectivity index (χ3v) is 3.75. The molecule has 0 aliphatic rings. The third-order valence-electron chi connectivity index (χ3n) is 3.75. The number of hydrogen-bond donors (Lipinski definition) is 0. The van der Waals surface area contributed by atoms with E-state index in [1.807, 2.05) is 13.8 Å². The lowest BCUT2D eigenvalue weighted by Crippen LogP contribution is -2.15. The highest BCUT2D eigenvalue weighted by Crippen LogP contribution is 1.98. The average molecular weight is 439 g/mol. The molecule has 30 heavy (non-hydrogen) atoms. The van der Waals surface area contributed by atoms with Crippen molar-refractivity contribution in [2.75, 3.05) is 99.1 Å². The van der Waals surface area contributed by atoms with Crippen LogP contribution in [0.25, 0.3) is 0 Å². The fourth-order valence-corrected chi connectivity index (χ4v) is 2.08. The van der Waals surface area contributed by atoms with Gasteiger partial charge in [-0.15, -0.1) is 0 Å². The molecule has 0 bridgehead atoms. The Bertz CT molecular complexity index is 286. The second kappa shape index (κ2) is 24.9. The van der Waals surface area contributed by atoms with Crippen LogP contribution >= 0.6 is 0 Å². The first-order chi connectivity index (χ1) is 14.6. The molecule has 182 valence electrons. The smallest absolute Gasteiger partial charge is 0.0703 e. The van der Waals surface area contributed by atoms with Crippen molar-refractivity contribution in [3.63, 3.8) is 0 Å². The van der Waals surface area contributed by atoms with Crippen molar-refractivity contribution >= 4 is 0 Å². The Morgan fingerprint density at radius 3 is 0.900 bits per heavy atom. The summed E-state index contributed by atoms with van der Waals surface area (Å²) in [5.41, 5.74) is 0. The Hall–Kier alpha value is -0.320. The van der Waals surface area contributed by atoms with Gasteiger partial charge < -0.3 is 37.9 Å². The van der Waals surface area contributed by atoms with E-state index >= 15 is 0 Å². The Kier molecular flexibility index (Phi) is 24.7. The van der Waals surface area contributed by atoms with E-state index in [1.54, 1.807) is 0 Å². The second-order valence-corrected chi connectivity index (χ2v) is 7.39. The summed E-state index contributed by atoms with van der Waals surface area (Å²) in [5, 5.41) is 0. The summed E-state index contributed by atoms with van der Waals surface area (Å²) in [6.45, 7) is 17.2. The minimum Gasteiger partial charge on any atom is -0.379 e. The van der Waals surface area contributed by atoms with E-state index in [1.165, 1.54) is 0 Å². The average Bonchev–Trinajstić information content (AvgIpc) is 2.70. The first-order valence-corrected chi connectivity index (χ1v) is 11.3. The maximum Gasteiger partial charge on any atom is 0.0703 e. The van der Waals surface area contributed by atoms with Crippen LogP contribution in [0.5, 0.6) is 0 Å². The predicted molar refractivity (Wildman–Crippen MR) is 116 cm³/mol. The summed E-state index contributed by atoms with van der Waals surface area (Å²) in [7, 11) is 0. The lowest BCUT2D eigenvalue weighted by Gasteiger charge is -2.09. The van der Waals surface area contributed by atoms with Gasteiger partial charge in [-0.2, -0.15) is 0 Å². The van der Waals surface area contributed by atoms with Crippen molar-refractivity contribution in [2.24, 2.45) is 5.92 Å². The second-order valence-electron chi connectivity index (χ2n) is 7.39. The molecule has 0 amide bonds. The molecule has 0 spiro atoms. The van der Waals surface area contributed by atoms with E-state index in [2.05, 4.69) is 13.8 Å². The lowest BCUT2D eigenvalue weighted by atomic mass is 10.1. The lowest BCUT2D eigenvalue weighted by molar-refractivity contribution is -0.0256. The predicted octanol–water partition coefficient (Wildman–Crippen LogP) is 2.57. The van der Waals surface area contributed by atoms with Gasteiger partial charge in [0, 0.05) is 6.61 Å². The Balaban J connectivity index is 3.00. The molecule has 0 aromatic rings. The molecular weight excluding hydrogens is 392 g/mol. The van der Waals surface area contributed by atoms with Crippen LogP contribution in [0, 0.1) is 5.92 Å². The molecule has 0 unspecified atom stereocenters. The topological polar surface area (TPSA) is 73.8 Å². The third kappa shape index (κ3) is 27.7. The molecule has 0 fully saturated rings. The number of ether oxygens (including phenoxy) is 8. The number of hydrogen-bond acceptors (Lipinski definition) is 8. The molecule has 0 saturated heterocycles. The Labute approximate surface area is 183 Å². The summed E-state index contributed by atoms with van der Waals surface area (Å²) in [5.74, 6) is 0.679. The standard InChI is InChI=1S/C22H46O8/c1-21(2)5-6-23-7-8-24-9-10-25-11-12-26-13-14-27-15-16-28-17-18-29-19-20-30-22(3)4/h21-22H,5-20H2,1-4H3. The first kappa shape index (κ1) is 29.7. The van der Waals surface area contributed by atoms with E-state index < -0.39 is 0 Å². The zero-order chi connectivity index (χ0) is 22.1. The molecule has 0 saturated carbocycles. The van der Waals surface area contributed by atoms with Crippen LogP contribution in [0.3, 0.4) is 0 Å². The first-order valence-electron chi connectivity index (χ1n) is 11.3. The largest absolute Gasteiger partial charge is 0.379 e. The normalized spacial score (nSPS) is 11.8.